The molecule has 2 aliphatic heterocycles. The maximum absolute atomic E-state index is 13.0. The standard InChI is InChI=1S/C30H37N5O/c1-28(2,3)25-20-35(30(34-25)12-6-4-5-7-13-30)15-9-10-21-16-22-17-29(18-24(22)32-19-21)23-11-8-14-31-26(23)33-27(29)36/h8-11,14,16,19H,4-7,12-13,15,17-18,20H2,1-3H3,(H,31,33,36). The molecule has 1 N–H and O–H groups in total. The Kier molecular flexibility index (Phi) is 5.63. The number of hydrogen-bond acceptors (Lipinski definition) is 5. The minimum absolute atomic E-state index is 0.0245. The molecule has 0 radical (unpaired) electrons. The molecule has 1 fully saturated rings. The van der Waals surface area contributed by atoms with Gasteiger partial charge in [0.15, 0.2) is 0 Å². The minimum Gasteiger partial charge on any atom is -0.310 e. The zero-order chi connectivity index (χ0) is 25.0. The van der Waals surface area contributed by atoms with Crippen LogP contribution in [-0.2, 0) is 23.1 Å². The maximum atomic E-state index is 13.0. The molecular weight excluding hydrogens is 446 g/mol. The van der Waals surface area contributed by atoms with Crippen molar-refractivity contribution in [1.29, 1.82) is 0 Å². The highest BCUT2D eigenvalue weighted by molar-refractivity contribution is 6.06. The lowest BCUT2D eigenvalue weighted by Gasteiger charge is -2.35. The van der Waals surface area contributed by atoms with Gasteiger partial charge in [-0.2, -0.15) is 0 Å². The highest BCUT2D eigenvalue weighted by Gasteiger charge is 2.51. The SMILES string of the molecule is CC(C)(C)C1=NC2(CCCCCC2)N(CC=Cc2cnc3c(c2)CC2(C3)C(=O)Nc3ncccc32)C1. The van der Waals surface area contributed by atoms with Crippen molar-refractivity contribution in [2.75, 3.05) is 18.4 Å². The van der Waals surface area contributed by atoms with Crippen LogP contribution in [0.2, 0.25) is 0 Å². The Morgan fingerprint density at radius 3 is 2.69 bits per heavy atom. The van der Waals surface area contributed by atoms with Crippen molar-refractivity contribution >= 4 is 23.5 Å². The van der Waals surface area contributed by atoms with Crippen LogP contribution < -0.4 is 5.32 Å². The second-order valence-electron chi connectivity index (χ2n) is 12.2. The van der Waals surface area contributed by atoms with Crippen LogP contribution >= 0.6 is 0 Å². The molecule has 1 amide bonds. The first-order valence-electron chi connectivity index (χ1n) is 13.5. The van der Waals surface area contributed by atoms with Crippen LogP contribution in [0.5, 0.6) is 0 Å². The van der Waals surface area contributed by atoms with Crippen LogP contribution in [0.1, 0.15) is 81.7 Å². The lowest BCUT2D eigenvalue weighted by molar-refractivity contribution is -0.120. The molecule has 4 heterocycles. The van der Waals surface area contributed by atoms with E-state index >= 15 is 0 Å². The molecule has 6 rings (SSSR count). The van der Waals surface area contributed by atoms with E-state index in [1.54, 1.807) is 6.20 Å². The summed E-state index contributed by atoms with van der Waals surface area (Å²) in [5.74, 6) is 0.744. The fourth-order valence-electron chi connectivity index (χ4n) is 6.59. The summed E-state index contributed by atoms with van der Waals surface area (Å²) in [4.78, 5) is 30.1. The van der Waals surface area contributed by atoms with E-state index in [1.807, 2.05) is 18.3 Å². The van der Waals surface area contributed by atoms with Crippen LogP contribution in [0.3, 0.4) is 0 Å². The number of nitrogens with zero attached hydrogens (tertiary/aromatic N) is 4. The van der Waals surface area contributed by atoms with Gasteiger partial charge in [-0.25, -0.2) is 4.98 Å². The van der Waals surface area contributed by atoms with Gasteiger partial charge in [0.25, 0.3) is 0 Å². The topological polar surface area (TPSA) is 70.5 Å². The Labute approximate surface area is 214 Å². The molecule has 4 aliphatic rings. The van der Waals surface area contributed by atoms with Crippen molar-refractivity contribution in [3.8, 4) is 0 Å². The zero-order valence-electron chi connectivity index (χ0n) is 21.8. The number of pyridine rings is 2. The molecule has 1 saturated carbocycles. The summed E-state index contributed by atoms with van der Waals surface area (Å²) < 4.78 is 0. The van der Waals surface area contributed by atoms with Gasteiger partial charge in [0, 0.05) is 54.3 Å². The van der Waals surface area contributed by atoms with E-state index in [4.69, 9.17) is 9.98 Å². The van der Waals surface area contributed by atoms with Crippen molar-refractivity contribution < 1.29 is 4.79 Å². The van der Waals surface area contributed by atoms with Crippen LogP contribution in [0.25, 0.3) is 6.08 Å². The summed E-state index contributed by atoms with van der Waals surface area (Å²) in [7, 11) is 0. The Morgan fingerprint density at radius 2 is 1.92 bits per heavy atom. The van der Waals surface area contributed by atoms with Gasteiger partial charge in [-0.1, -0.05) is 51.8 Å². The quantitative estimate of drug-likeness (QED) is 0.640. The molecule has 2 aromatic heterocycles. The van der Waals surface area contributed by atoms with Gasteiger partial charge >= 0.3 is 0 Å². The van der Waals surface area contributed by atoms with Gasteiger partial charge < -0.3 is 5.32 Å². The smallest absolute Gasteiger partial charge is 0.237 e. The first kappa shape index (κ1) is 23.5. The van der Waals surface area contributed by atoms with E-state index in [0.717, 1.165) is 29.9 Å². The van der Waals surface area contributed by atoms with Crippen molar-refractivity contribution in [3.05, 3.63) is 59.1 Å². The van der Waals surface area contributed by atoms with Crippen molar-refractivity contribution in [1.82, 2.24) is 14.9 Å². The minimum atomic E-state index is -0.566. The van der Waals surface area contributed by atoms with Crippen molar-refractivity contribution in [3.63, 3.8) is 0 Å². The molecular formula is C30H37N5O. The second-order valence-corrected chi connectivity index (χ2v) is 12.2. The summed E-state index contributed by atoms with van der Waals surface area (Å²) in [6, 6.07) is 6.16. The van der Waals surface area contributed by atoms with Gasteiger partial charge in [-0.3, -0.25) is 19.7 Å². The second kappa shape index (κ2) is 8.62. The Balaban J connectivity index is 1.20. The van der Waals surface area contributed by atoms with Crippen LogP contribution in [0, 0.1) is 5.41 Å². The number of aromatic nitrogens is 2. The molecule has 1 unspecified atom stereocenters. The molecule has 6 nitrogen and oxygen atoms in total. The summed E-state index contributed by atoms with van der Waals surface area (Å²) in [6.45, 7) is 8.72. The van der Waals surface area contributed by atoms with Crippen molar-refractivity contribution in [2.24, 2.45) is 10.4 Å². The molecule has 2 aromatic rings. The summed E-state index contributed by atoms with van der Waals surface area (Å²) in [6.07, 6.45) is 17.0. The normalized spacial score (nSPS) is 25.3. The largest absolute Gasteiger partial charge is 0.310 e. The molecule has 1 atom stereocenters. The van der Waals surface area contributed by atoms with E-state index in [-0.39, 0.29) is 17.0 Å². The molecule has 6 heteroatoms. The Hall–Kier alpha value is -2.86. The lowest BCUT2D eigenvalue weighted by Crippen LogP contribution is -2.44. The first-order valence-corrected chi connectivity index (χ1v) is 13.5. The highest BCUT2D eigenvalue weighted by atomic mass is 16.2. The zero-order valence-corrected chi connectivity index (χ0v) is 21.8. The molecule has 0 aromatic carbocycles. The average molecular weight is 484 g/mol. The fraction of sp³-hybridized carbons (Fsp3) is 0.533. The highest BCUT2D eigenvalue weighted by Crippen LogP contribution is 2.46. The number of carbonyl (C=O) groups excluding carboxylic acids is 1. The van der Waals surface area contributed by atoms with E-state index in [0.29, 0.717) is 18.7 Å². The molecule has 2 spiro atoms. The number of aliphatic imine (C=N–C) groups is 1. The first-order chi connectivity index (χ1) is 17.3. The number of nitrogens with one attached hydrogen (secondary N) is 1. The third-order valence-corrected chi connectivity index (χ3v) is 8.71. The Morgan fingerprint density at radius 1 is 1.11 bits per heavy atom. The van der Waals surface area contributed by atoms with E-state index < -0.39 is 5.41 Å². The number of fused-ring (bicyclic) bond motifs is 3. The summed E-state index contributed by atoms with van der Waals surface area (Å²) in [5, 5.41) is 2.98. The van der Waals surface area contributed by atoms with Crippen LogP contribution in [0.4, 0.5) is 5.82 Å². The Bertz CT molecular complexity index is 1250. The molecule has 0 bridgehead atoms. The van der Waals surface area contributed by atoms with Gasteiger partial charge in [0.2, 0.25) is 5.91 Å². The number of amides is 1. The monoisotopic (exact) mass is 483 g/mol. The third-order valence-electron chi connectivity index (χ3n) is 8.71. The fourth-order valence-corrected chi connectivity index (χ4v) is 6.59. The van der Waals surface area contributed by atoms with Gasteiger partial charge in [-0.15, -0.1) is 0 Å². The average Bonchev–Trinajstić information content (AvgIpc) is 3.41. The summed E-state index contributed by atoms with van der Waals surface area (Å²) in [5.41, 5.74) is 5.16. The van der Waals surface area contributed by atoms with Gasteiger partial charge in [0.05, 0.1) is 5.41 Å². The van der Waals surface area contributed by atoms with Crippen LogP contribution in [0.15, 0.2) is 41.7 Å². The number of anilines is 1. The number of carbonyl (C=O) groups is 1. The molecule has 0 saturated heterocycles. The third kappa shape index (κ3) is 3.90. The molecule has 188 valence electrons. The number of rotatable bonds is 3. The molecule has 2 aliphatic carbocycles. The van der Waals surface area contributed by atoms with Gasteiger partial charge in [-0.05, 0) is 55.4 Å². The maximum Gasteiger partial charge on any atom is 0.237 e. The van der Waals surface area contributed by atoms with Gasteiger partial charge in [0.1, 0.15) is 11.5 Å². The predicted octanol–water partition coefficient (Wildman–Crippen LogP) is 5.33. The number of hydrogen-bond donors (Lipinski definition) is 1. The predicted molar refractivity (Wildman–Crippen MR) is 144 cm³/mol. The molecule has 36 heavy (non-hydrogen) atoms. The van der Waals surface area contributed by atoms with Crippen LogP contribution in [-0.4, -0.2) is 45.2 Å². The van der Waals surface area contributed by atoms with Crippen molar-refractivity contribution in [2.45, 2.75) is 83.2 Å². The van der Waals surface area contributed by atoms with E-state index in [9.17, 15) is 4.79 Å². The van der Waals surface area contributed by atoms with E-state index in [2.05, 4.69) is 54.2 Å². The summed E-state index contributed by atoms with van der Waals surface area (Å²) >= 11 is 0. The van der Waals surface area contributed by atoms with E-state index in [1.165, 1.54) is 49.8 Å². The lowest BCUT2D eigenvalue weighted by atomic mass is 9.80.